The van der Waals surface area contributed by atoms with E-state index in [1.54, 1.807) is 41.2 Å². The fraction of sp³-hybridized carbons (Fsp3) is 0.111. The van der Waals surface area contributed by atoms with Crippen LogP contribution in [0.5, 0.6) is 11.5 Å². The van der Waals surface area contributed by atoms with Gasteiger partial charge in [0.15, 0.2) is 11.5 Å². The molecule has 0 aliphatic heterocycles. The summed E-state index contributed by atoms with van der Waals surface area (Å²) in [6.45, 7) is 2.38. The van der Waals surface area contributed by atoms with E-state index in [1.807, 2.05) is 31.3 Å². The van der Waals surface area contributed by atoms with Gasteiger partial charge in [0.1, 0.15) is 0 Å². The van der Waals surface area contributed by atoms with Crippen LogP contribution < -0.4 is 9.47 Å². The van der Waals surface area contributed by atoms with Crippen molar-refractivity contribution in [2.24, 2.45) is 0 Å². The van der Waals surface area contributed by atoms with Gasteiger partial charge in [-0.3, -0.25) is 0 Å². The first-order valence-corrected chi connectivity index (χ1v) is 8.21. The normalized spacial score (nSPS) is 10.4. The first kappa shape index (κ1) is 16.3. The van der Waals surface area contributed by atoms with E-state index < -0.39 is 5.97 Å². The van der Waals surface area contributed by atoms with E-state index in [4.69, 9.17) is 9.47 Å². The minimum Gasteiger partial charge on any atom is -0.490 e. The van der Waals surface area contributed by atoms with Crippen molar-refractivity contribution in [1.82, 2.24) is 9.78 Å². The predicted octanol–water partition coefficient (Wildman–Crippen LogP) is 4.25. The molecule has 3 rings (SSSR count). The third-order valence-electron chi connectivity index (χ3n) is 3.27. The fourth-order valence-electron chi connectivity index (χ4n) is 2.16. The van der Waals surface area contributed by atoms with E-state index in [2.05, 4.69) is 21.0 Å². The molecule has 0 unspecified atom stereocenters. The van der Waals surface area contributed by atoms with Crippen molar-refractivity contribution in [2.75, 3.05) is 6.61 Å². The Bertz CT molecular complexity index is 843. The number of carbonyl (C=O) groups is 1. The van der Waals surface area contributed by atoms with E-state index in [-0.39, 0.29) is 0 Å². The summed E-state index contributed by atoms with van der Waals surface area (Å²) in [7, 11) is 0. The lowest BCUT2D eigenvalue weighted by atomic mass is 10.2. The topological polar surface area (TPSA) is 53.4 Å². The molecule has 0 N–H and O–H groups in total. The SMILES string of the molecule is CCOc1ccccc1OC(=O)c1ccc(-n2cc(Br)cn2)cc1. The standard InChI is InChI=1S/C18H15BrN2O3/c1-2-23-16-5-3-4-6-17(16)24-18(22)13-7-9-15(10-8-13)21-12-14(19)11-20-21/h3-12H,2H2,1H3. The quantitative estimate of drug-likeness (QED) is 0.485. The Hall–Kier alpha value is -2.60. The summed E-state index contributed by atoms with van der Waals surface area (Å²) in [5.74, 6) is 0.520. The second-order valence-electron chi connectivity index (χ2n) is 4.92. The van der Waals surface area contributed by atoms with Crippen LogP contribution in [0, 0.1) is 0 Å². The van der Waals surface area contributed by atoms with Crippen LogP contribution in [-0.2, 0) is 0 Å². The van der Waals surface area contributed by atoms with Crippen molar-refractivity contribution in [3.8, 4) is 17.2 Å². The molecule has 1 aromatic heterocycles. The molecule has 0 aliphatic rings. The van der Waals surface area contributed by atoms with Crippen molar-refractivity contribution in [2.45, 2.75) is 6.92 Å². The highest BCUT2D eigenvalue weighted by Crippen LogP contribution is 2.27. The summed E-state index contributed by atoms with van der Waals surface area (Å²) in [5.41, 5.74) is 1.31. The molecular weight excluding hydrogens is 372 g/mol. The number of hydrogen-bond donors (Lipinski definition) is 0. The van der Waals surface area contributed by atoms with E-state index in [0.717, 1.165) is 10.2 Å². The number of aromatic nitrogens is 2. The zero-order chi connectivity index (χ0) is 16.9. The summed E-state index contributed by atoms with van der Waals surface area (Å²) < 4.78 is 13.5. The molecule has 1 heterocycles. The lowest BCUT2D eigenvalue weighted by molar-refractivity contribution is 0.0728. The Morgan fingerprint density at radius 2 is 1.83 bits per heavy atom. The molecule has 0 fully saturated rings. The van der Waals surface area contributed by atoms with Crippen molar-refractivity contribution < 1.29 is 14.3 Å². The van der Waals surface area contributed by atoms with Gasteiger partial charge < -0.3 is 9.47 Å². The Morgan fingerprint density at radius 1 is 1.12 bits per heavy atom. The van der Waals surface area contributed by atoms with Gasteiger partial charge in [-0.1, -0.05) is 12.1 Å². The Balaban J connectivity index is 1.76. The second kappa shape index (κ2) is 7.31. The monoisotopic (exact) mass is 386 g/mol. The predicted molar refractivity (Wildman–Crippen MR) is 93.8 cm³/mol. The number of para-hydroxylation sites is 2. The average molecular weight is 387 g/mol. The molecule has 0 saturated heterocycles. The number of hydrogen-bond acceptors (Lipinski definition) is 4. The molecular formula is C18H15BrN2O3. The van der Waals surface area contributed by atoms with Crippen LogP contribution in [-0.4, -0.2) is 22.4 Å². The molecule has 5 nitrogen and oxygen atoms in total. The summed E-state index contributed by atoms with van der Waals surface area (Å²) in [5, 5.41) is 4.20. The molecule has 6 heteroatoms. The van der Waals surface area contributed by atoms with Crippen LogP contribution in [0.2, 0.25) is 0 Å². The Kier molecular flexibility index (Phi) is 4.96. The maximum Gasteiger partial charge on any atom is 0.343 e. The lowest BCUT2D eigenvalue weighted by Gasteiger charge is -2.10. The minimum absolute atomic E-state index is 0.407. The molecule has 2 aromatic carbocycles. The third-order valence-corrected chi connectivity index (χ3v) is 3.68. The molecule has 0 atom stereocenters. The number of halogens is 1. The first-order chi connectivity index (χ1) is 11.7. The number of nitrogens with zero attached hydrogens (tertiary/aromatic N) is 2. The van der Waals surface area contributed by atoms with Crippen LogP contribution in [0.3, 0.4) is 0 Å². The van der Waals surface area contributed by atoms with E-state index in [9.17, 15) is 4.79 Å². The van der Waals surface area contributed by atoms with Crippen molar-refractivity contribution >= 4 is 21.9 Å². The van der Waals surface area contributed by atoms with Gasteiger partial charge in [0.05, 0.1) is 28.5 Å². The molecule has 122 valence electrons. The molecule has 0 amide bonds. The number of carbonyl (C=O) groups excluding carboxylic acids is 1. The Labute approximate surface area is 148 Å². The molecule has 0 bridgehead atoms. The highest BCUT2D eigenvalue weighted by Gasteiger charge is 2.12. The zero-order valence-corrected chi connectivity index (χ0v) is 14.6. The largest absolute Gasteiger partial charge is 0.490 e. The average Bonchev–Trinajstić information content (AvgIpc) is 3.03. The van der Waals surface area contributed by atoms with Crippen LogP contribution in [0.1, 0.15) is 17.3 Å². The highest BCUT2D eigenvalue weighted by atomic mass is 79.9. The molecule has 0 saturated carbocycles. The molecule has 24 heavy (non-hydrogen) atoms. The van der Waals surface area contributed by atoms with Gasteiger partial charge in [-0.25, -0.2) is 9.48 Å². The molecule has 0 spiro atoms. The van der Waals surface area contributed by atoms with E-state index in [1.165, 1.54) is 0 Å². The van der Waals surface area contributed by atoms with Gasteiger partial charge in [0.2, 0.25) is 0 Å². The fourth-order valence-corrected chi connectivity index (χ4v) is 2.45. The first-order valence-electron chi connectivity index (χ1n) is 7.42. The number of esters is 1. The highest BCUT2D eigenvalue weighted by molar-refractivity contribution is 9.10. The van der Waals surface area contributed by atoms with Crippen molar-refractivity contribution in [1.29, 1.82) is 0 Å². The van der Waals surface area contributed by atoms with Crippen LogP contribution in [0.4, 0.5) is 0 Å². The van der Waals surface area contributed by atoms with Gasteiger partial charge in [0, 0.05) is 6.20 Å². The van der Waals surface area contributed by atoms with Crippen molar-refractivity contribution in [3.05, 3.63) is 71.0 Å². The number of benzene rings is 2. The van der Waals surface area contributed by atoms with E-state index >= 15 is 0 Å². The second-order valence-corrected chi connectivity index (χ2v) is 5.83. The van der Waals surface area contributed by atoms with Gasteiger partial charge in [-0.05, 0) is 59.3 Å². The third kappa shape index (κ3) is 3.65. The smallest absolute Gasteiger partial charge is 0.343 e. The van der Waals surface area contributed by atoms with E-state index in [0.29, 0.717) is 23.7 Å². The summed E-state index contributed by atoms with van der Waals surface area (Å²) in [6, 6.07) is 14.1. The van der Waals surface area contributed by atoms with Gasteiger partial charge in [0.25, 0.3) is 0 Å². The van der Waals surface area contributed by atoms with Gasteiger partial charge >= 0.3 is 5.97 Å². The Morgan fingerprint density at radius 3 is 2.46 bits per heavy atom. The van der Waals surface area contributed by atoms with Gasteiger partial charge in [-0.2, -0.15) is 5.10 Å². The van der Waals surface area contributed by atoms with Crippen molar-refractivity contribution in [3.63, 3.8) is 0 Å². The lowest BCUT2D eigenvalue weighted by Crippen LogP contribution is -2.09. The maximum atomic E-state index is 12.3. The van der Waals surface area contributed by atoms with Crippen LogP contribution in [0.25, 0.3) is 5.69 Å². The van der Waals surface area contributed by atoms with Gasteiger partial charge in [-0.15, -0.1) is 0 Å². The summed E-state index contributed by atoms with van der Waals surface area (Å²) in [4.78, 5) is 12.3. The summed E-state index contributed by atoms with van der Waals surface area (Å²) in [6.07, 6.45) is 3.54. The van der Waals surface area contributed by atoms with Crippen LogP contribution >= 0.6 is 15.9 Å². The minimum atomic E-state index is -0.435. The molecule has 0 radical (unpaired) electrons. The molecule has 3 aromatic rings. The summed E-state index contributed by atoms with van der Waals surface area (Å²) >= 11 is 3.35. The number of rotatable bonds is 5. The maximum absolute atomic E-state index is 12.3. The zero-order valence-electron chi connectivity index (χ0n) is 13.0. The number of ether oxygens (including phenoxy) is 2. The van der Waals surface area contributed by atoms with Crippen LogP contribution in [0.15, 0.2) is 65.4 Å². The molecule has 0 aliphatic carbocycles.